The molecule has 1 heterocycles. The van der Waals surface area contributed by atoms with Crippen molar-refractivity contribution < 1.29 is 56.5 Å². The van der Waals surface area contributed by atoms with Gasteiger partial charge in [0.15, 0.2) is 0 Å². The normalized spacial score (nSPS) is 9.60. The van der Waals surface area contributed by atoms with E-state index < -0.39 is 15.6 Å². The molecular formula is C14H17F3IrNO5S-. The zero-order chi connectivity index (χ0) is 19.2. The van der Waals surface area contributed by atoms with Crippen molar-refractivity contribution in [3.63, 3.8) is 0 Å². The van der Waals surface area contributed by atoms with Gasteiger partial charge >= 0.3 is 15.6 Å². The van der Waals surface area contributed by atoms with Gasteiger partial charge in [-0.1, -0.05) is 12.1 Å². The van der Waals surface area contributed by atoms with E-state index in [2.05, 4.69) is 11.1 Å². The summed E-state index contributed by atoms with van der Waals surface area (Å²) in [6.45, 7) is 0. The maximum absolute atomic E-state index is 10.7. The molecule has 1 aromatic heterocycles. The summed E-state index contributed by atoms with van der Waals surface area (Å²) < 4.78 is 57.5. The summed E-state index contributed by atoms with van der Waals surface area (Å²) in [6.07, 6.45) is 1.79. The average Bonchev–Trinajstić information content (AvgIpc) is 2.59. The Labute approximate surface area is 157 Å². The Morgan fingerprint density at radius 2 is 1.48 bits per heavy atom. The van der Waals surface area contributed by atoms with Gasteiger partial charge in [-0.2, -0.15) is 21.6 Å². The summed E-state index contributed by atoms with van der Waals surface area (Å²) in [7, 11) is -3.84. The van der Waals surface area contributed by atoms with Crippen molar-refractivity contribution in [2.75, 3.05) is 14.2 Å². The van der Waals surface area contributed by atoms with Crippen LogP contribution in [0.3, 0.4) is 0 Å². The van der Waals surface area contributed by atoms with Crippen LogP contribution in [0.1, 0.15) is 0 Å². The molecule has 6 nitrogen and oxygen atoms in total. The molecule has 1 radical (unpaired) electrons. The number of aliphatic hydroxyl groups is 2. The number of halogens is 3. The number of aliphatic hydroxyl groups excluding tert-OH is 2. The third-order valence-corrected chi connectivity index (χ3v) is 2.53. The second-order valence-electron chi connectivity index (χ2n) is 3.41. The molecule has 25 heavy (non-hydrogen) atoms. The van der Waals surface area contributed by atoms with E-state index in [1.807, 2.05) is 42.5 Å². The maximum Gasteiger partial charge on any atom is 0.522 e. The van der Waals surface area contributed by atoms with Gasteiger partial charge in [0.05, 0.1) is 0 Å². The van der Waals surface area contributed by atoms with Crippen molar-refractivity contribution in [3.05, 3.63) is 54.7 Å². The third-order valence-electron chi connectivity index (χ3n) is 1.94. The minimum Gasteiger partial charge on any atom is -0.400 e. The third kappa shape index (κ3) is 12.6. The zero-order valence-electron chi connectivity index (χ0n) is 13.1. The van der Waals surface area contributed by atoms with Crippen molar-refractivity contribution in [3.8, 4) is 11.3 Å². The second-order valence-corrected chi connectivity index (χ2v) is 4.83. The van der Waals surface area contributed by atoms with E-state index in [4.69, 9.17) is 23.2 Å². The molecule has 0 fully saturated rings. The molecule has 0 aliphatic carbocycles. The van der Waals surface area contributed by atoms with E-state index in [1.165, 1.54) is 0 Å². The van der Waals surface area contributed by atoms with Gasteiger partial charge in [-0.25, -0.2) is 0 Å². The van der Waals surface area contributed by atoms with E-state index in [0.29, 0.717) is 0 Å². The molecule has 0 aliphatic heterocycles. The number of hydrogen-bond acceptors (Lipinski definition) is 5. The van der Waals surface area contributed by atoms with Crippen LogP contribution >= 0.6 is 0 Å². The number of nitrogens with zero attached hydrogens (tertiary/aromatic N) is 1. The fourth-order valence-electron chi connectivity index (χ4n) is 1.07. The van der Waals surface area contributed by atoms with Crippen LogP contribution in [0.15, 0.2) is 48.7 Å². The molecule has 0 saturated heterocycles. The largest absolute Gasteiger partial charge is 0.522 e. The van der Waals surface area contributed by atoms with Gasteiger partial charge in [0.1, 0.15) is 0 Å². The summed E-state index contributed by atoms with van der Waals surface area (Å²) in [6, 6.07) is 16.8. The Bertz CT molecular complexity index is 603. The molecule has 0 spiro atoms. The van der Waals surface area contributed by atoms with Crippen LogP contribution in [0.2, 0.25) is 0 Å². The van der Waals surface area contributed by atoms with Gasteiger partial charge in [0.25, 0.3) is 0 Å². The van der Waals surface area contributed by atoms with Gasteiger partial charge in [-0.3, -0.25) is 4.55 Å². The smallest absolute Gasteiger partial charge is 0.400 e. The Hall–Kier alpha value is -1.36. The number of benzene rings is 1. The van der Waals surface area contributed by atoms with Gasteiger partial charge in [0.2, 0.25) is 0 Å². The molecule has 0 aliphatic rings. The average molecular weight is 561 g/mol. The van der Waals surface area contributed by atoms with Gasteiger partial charge in [0, 0.05) is 40.5 Å². The summed E-state index contributed by atoms with van der Waals surface area (Å²) in [5.41, 5.74) is -3.52. The second kappa shape index (κ2) is 14.9. The Morgan fingerprint density at radius 1 is 1.00 bits per heavy atom. The molecule has 2 rings (SSSR count). The van der Waals surface area contributed by atoms with Crippen LogP contribution in [-0.2, 0) is 30.2 Å². The zero-order valence-corrected chi connectivity index (χ0v) is 16.3. The first-order valence-corrected chi connectivity index (χ1v) is 7.47. The molecule has 0 bridgehead atoms. The van der Waals surface area contributed by atoms with Crippen molar-refractivity contribution in [2.24, 2.45) is 0 Å². The summed E-state index contributed by atoms with van der Waals surface area (Å²) in [5.74, 6) is 0. The van der Waals surface area contributed by atoms with Crippen LogP contribution in [0.4, 0.5) is 13.2 Å². The van der Waals surface area contributed by atoms with E-state index in [1.54, 1.807) is 6.20 Å². The number of hydrogen-bond donors (Lipinski definition) is 3. The van der Waals surface area contributed by atoms with Crippen LogP contribution < -0.4 is 0 Å². The SMILES string of the molecule is CO.CO.O=S(=O)(O)C(F)(F)F.[Ir].[c-]1ccccc1-c1ccccn1. The number of pyridine rings is 1. The Morgan fingerprint density at radius 3 is 1.80 bits per heavy atom. The van der Waals surface area contributed by atoms with E-state index in [-0.39, 0.29) is 20.1 Å². The van der Waals surface area contributed by atoms with Gasteiger partial charge in [-0.15, -0.1) is 35.9 Å². The molecule has 0 atom stereocenters. The fraction of sp³-hybridized carbons (Fsp3) is 0.214. The van der Waals surface area contributed by atoms with Crippen molar-refractivity contribution in [1.29, 1.82) is 0 Å². The summed E-state index contributed by atoms with van der Waals surface area (Å²) >= 11 is 0. The van der Waals surface area contributed by atoms with Crippen LogP contribution in [0, 0.1) is 6.07 Å². The van der Waals surface area contributed by atoms with Crippen molar-refractivity contribution >= 4 is 10.1 Å². The number of alkyl halides is 3. The Kier molecular flexibility index (Phi) is 17.0. The fourth-order valence-corrected chi connectivity index (χ4v) is 1.07. The molecule has 0 saturated carbocycles. The number of rotatable bonds is 1. The molecule has 3 N–H and O–H groups in total. The predicted molar refractivity (Wildman–Crippen MR) is 82.4 cm³/mol. The molecule has 1 aromatic carbocycles. The standard InChI is InChI=1S/C11H8N.CHF3O3S.2CH4O.Ir/c1-2-6-10(7-3-1)11-8-4-5-9-12-11;2-1(3,4)8(5,6)7;2*1-2;/h1-6,8-9H;(H,5,6,7);2*2H,1H3;/q-1;;;;. The van der Waals surface area contributed by atoms with E-state index >= 15 is 0 Å². The minimum absolute atomic E-state index is 0. The first kappa shape index (κ1) is 28.4. The van der Waals surface area contributed by atoms with Gasteiger partial charge < -0.3 is 15.2 Å². The van der Waals surface area contributed by atoms with E-state index in [0.717, 1.165) is 25.5 Å². The van der Waals surface area contributed by atoms with Crippen molar-refractivity contribution in [1.82, 2.24) is 4.98 Å². The minimum atomic E-state index is -5.84. The predicted octanol–water partition coefficient (Wildman–Crippen LogP) is 2.16. The van der Waals surface area contributed by atoms with Crippen LogP contribution in [0.5, 0.6) is 0 Å². The molecule has 145 valence electrons. The first-order chi connectivity index (χ1) is 11.2. The summed E-state index contributed by atoms with van der Waals surface area (Å²) in [4.78, 5) is 4.22. The van der Waals surface area contributed by atoms with Crippen LogP contribution in [-0.4, -0.2) is 47.9 Å². The quantitative estimate of drug-likeness (QED) is 0.281. The number of aromatic nitrogens is 1. The topological polar surface area (TPSA) is 108 Å². The van der Waals surface area contributed by atoms with Crippen LogP contribution in [0.25, 0.3) is 11.3 Å². The molecule has 11 heteroatoms. The maximum atomic E-state index is 10.7. The molecular weight excluding hydrogens is 543 g/mol. The van der Waals surface area contributed by atoms with E-state index in [9.17, 15) is 13.2 Å². The molecule has 0 unspecified atom stereocenters. The van der Waals surface area contributed by atoms with Crippen molar-refractivity contribution in [2.45, 2.75) is 5.51 Å². The summed E-state index contributed by atoms with van der Waals surface area (Å²) in [5, 5.41) is 14.0. The first-order valence-electron chi connectivity index (χ1n) is 6.03. The Balaban J connectivity index is -0.000000330. The van der Waals surface area contributed by atoms with Gasteiger partial charge in [-0.05, 0) is 11.8 Å². The molecule has 2 aromatic rings. The molecule has 0 amide bonds. The monoisotopic (exact) mass is 561 g/mol.